The molecule has 0 spiro atoms. The molecule has 0 fully saturated rings. The summed E-state index contributed by atoms with van der Waals surface area (Å²) in [5, 5.41) is 11.7. The molecule has 0 bridgehead atoms. The van der Waals surface area contributed by atoms with Gasteiger partial charge in [-0.1, -0.05) is 6.92 Å². The highest BCUT2D eigenvalue weighted by molar-refractivity contribution is 4.70. The normalized spacial score (nSPS) is 10.2. The first kappa shape index (κ1) is 11.4. The van der Waals surface area contributed by atoms with Gasteiger partial charge in [0.1, 0.15) is 0 Å². The molecule has 12 heavy (non-hydrogen) atoms. The fourth-order valence-electron chi connectivity index (χ4n) is 0.924. The maximum absolute atomic E-state index is 8.33. The van der Waals surface area contributed by atoms with Crippen LogP contribution in [0, 0.1) is 11.3 Å². The van der Waals surface area contributed by atoms with Crippen LogP contribution in [0.1, 0.15) is 19.8 Å². The van der Waals surface area contributed by atoms with Gasteiger partial charge in [0.2, 0.25) is 0 Å². The minimum absolute atomic E-state index is 0.629. The second-order valence-electron chi connectivity index (χ2n) is 2.96. The molecule has 0 heterocycles. The predicted octanol–water partition coefficient (Wildman–Crippen LogP) is 0.831. The van der Waals surface area contributed by atoms with E-state index < -0.39 is 0 Å². The quantitative estimate of drug-likeness (QED) is 0.574. The van der Waals surface area contributed by atoms with E-state index >= 15 is 0 Å². The second kappa shape index (κ2) is 8.51. The van der Waals surface area contributed by atoms with Crippen molar-refractivity contribution in [2.24, 2.45) is 0 Å². The third kappa shape index (κ3) is 7.52. The van der Waals surface area contributed by atoms with E-state index in [1.807, 2.05) is 7.05 Å². The Bertz CT molecular complexity index is 128. The Morgan fingerprint density at radius 1 is 1.33 bits per heavy atom. The van der Waals surface area contributed by atoms with Crippen molar-refractivity contribution in [3.8, 4) is 6.07 Å². The lowest BCUT2D eigenvalue weighted by atomic mass is 10.4. The molecular formula is C9H19N3. The van der Waals surface area contributed by atoms with Crippen molar-refractivity contribution in [1.29, 1.82) is 5.26 Å². The van der Waals surface area contributed by atoms with Gasteiger partial charge in [0.15, 0.2) is 0 Å². The highest BCUT2D eigenvalue weighted by Gasteiger charge is 1.95. The summed E-state index contributed by atoms with van der Waals surface area (Å²) >= 11 is 0. The smallest absolute Gasteiger partial charge is 0.0635 e. The molecule has 0 unspecified atom stereocenters. The van der Waals surface area contributed by atoms with Crippen LogP contribution in [0.5, 0.6) is 0 Å². The van der Waals surface area contributed by atoms with E-state index in [-0.39, 0.29) is 0 Å². The Kier molecular flexibility index (Phi) is 8.09. The van der Waals surface area contributed by atoms with Crippen molar-refractivity contribution >= 4 is 0 Å². The summed E-state index contributed by atoms with van der Waals surface area (Å²) in [6.45, 7) is 6.18. The molecule has 0 saturated carbocycles. The van der Waals surface area contributed by atoms with Crippen molar-refractivity contribution in [2.45, 2.75) is 19.8 Å². The average molecular weight is 169 g/mol. The summed E-state index contributed by atoms with van der Waals surface area (Å²) in [5.74, 6) is 0. The number of hydrogen-bond acceptors (Lipinski definition) is 3. The van der Waals surface area contributed by atoms with Gasteiger partial charge in [-0.25, -0.2) is 0 Å². The molecule has 0 aliphatic rings. The van der Waals surface area contributed by atoms with Gasteiger partial charge in [-0.3, -0.25) is 0 Å². The van der Waals surface area contributed by atoms with Gasteiger partial charge in [0, 0.05) is 26.1 Å². The monoisotopic (exact) mass is 169 g/mol. The van der Waals surface area contributed by atoms with E-state index in [1.165, 1.54) is 6.42 Å². The van der Waals surface area contributed by atoms with Crippen LogP contribution in [0.15, 0.2) is 0 Å². The molecule has 0 aromatic carbocycles. The molecule has 0 saturated heterocycles. The van der Waals surface area contributed by atoms with Crippen molar-refractivity contribution in [1.82, 2.24) is 10.2 Å². The number of nitriles is 1. The van der Waals surface area contributed by atoms with Gasteiger partial charge in [-0.2, -0.15) is 5.26 Å². The standard InChI is InChI=1S/C9H19N3/c1-3-6-11-7-9-12(2)8-4-5-10/h11H,3-4,6-9H2,1-2H3. The molecule has 0 amide bonds. The van der Waals surface area contributed by atoms with E-state index in [9.17, 15) is 0 Å². The molecule has 0 aliphatic carbocycles. The van der Waals surface area contributed by atoms with Gasteiger partial charge in [0.25, 0.3) is 0 Å². The lowest BCUT2D eigenvalue weighted by molar-refractivity contribution is 0.339. The van der Waals surface area contributed by atoms with E-state index in [4.69, 9.17) is 5.26 Å². The Labute approximate surface area is 75.4 Å². The van der Waals surface area contributed by atoms with E-state index in [1.54, 1.807) is 0 Å². The highest BCUT2D eigenvalue weighted by atomic mass is 15.1. The van der Waals surface area contributed by atoms with E-state index in [0.717, 1.165) is 26.2 Å². The molecule has 0 aromatic heterocycles. The van der Waals surface area contributed by atoms with Gasteiger partial charge in [-0.15, -0.1) is 0 Å². The first-order valence-electron chi connectivity index (χ1n) is 4.57. The van der Waals surface area contributed by atoms with Gasteiger partial charge in [-0.05, 0) is 20.0 Å². The van der Waals surface area contributed by atoms with Crippen molar-refractivity contribution < 1.29 is 0 Å². The largest absolute Gasteiger partial charge is 0.315 e. The highest BCUT2D eigenvalue weighted by Crippen LogP contribution is 1.84. The third-order valence-electron chi connectivity index (χ3n) is 1.70. The third-order valence-corrected chi connectivity index (χ3v) is 1.70. The maximum Gasteiger partial charge on any atom is 0.0635 e. The summed E-state index contributed by atoms with van der Waals surface area (Å²) in [5.41, 5.74) is 0. The zero-order chi connectivity index (χ0) is 9.23. The van der Waals surface area contributed by atoms with Crippen LogP contribution in [0.2, 0.25) is 0 Å². The molecule has 0 atom stereocenters. The first-order valence-corrected chi connectivity index (χ1v) is 4.57. The molecule has 0 rings (SSSR count). The number of nitrogens with one attached hydrogen (secondary N) is 1. The van der Waals surface area contributed by atoms with Gasteiger partial charge < -0.3 is 10.2 Å². The number of nitrogens with zero attached hydrogens (tertiary/aromatic N) is 2. The Hall–Kier alpha value is -0.590. The molecule has 0 aromatic rings. The fraction of sp³-hybridized carbons (Fsp3) is 0.889. The van der Waals surface area contributed by atoms with Crippen molar-refractivity contribution in [3.05, 3.63) is 0 Å². The Morgan fingerprint density at radius 2 is 2.08 bits per heavy atom. The number of likely N-dealkylation sites (N-methyl/N-ethyl adjacent to an activating group) is 1. The Morgan fingerprint density at radius 3 is 2.67 bits per heavy atom. The summed E-state index contributed by atoms with van der Waals surface area (Å²) in [7, 11) is 2.05. The Balaban J connectivity index is 3.09. The van der Waals surface area contributed by atoms with Crippen LogP contribution in [0.25, 0.3) is 0 Å². The van der Waals surface area contributed by atoms with Gasteiger partial charge in [0.05, 0.1) is 6.07 Å². The van der Waals surface area contributed by atoms with Crippen molar-refractivity contribution in [3.63, 3.8) is 0 Å². The van der Waals surface area contributed by atoms with Gasteiger partial charge >= 0.3 is 0 Å². The topological polar surface area (TPSA) is 39.1 Å². The summed E-state index contributed by atoms with van der Waals surface area (Å²) in [4.78, 5) is 2.17. The van der Waals surface area contributed by atoms with Crippen LogP contribution < -0.4 is 5.32 Å². The van der Waals surface area contributed by atoms with Crippen LogP contribution in [-0.4, -0.2) is 38.1 Å². The number of hydrogen-bond donors (Lipinski definition) is 1. The average Bonchev–Trinajstić information content (AvgIpc) is 2.09. The number of rotatable bonds is 7. The summed E-state index contributed by atoms with van der Waals surface area (Å²) in [6.07, 6.45) is 1.81. The lowest BCUT2D eigenvalue weighted by Crippen LogP contribution is -2.30. The van der Waals surface area contributed by atoms with E-state index in [2.05, 4.69) is 23.2 Å². The summed E-state index contributed by atoms with van der Waals surface area (Å²) < 4.78 is 0. The molecule has 3 heteroatoms. The lowest BCUT2D eigenvalue weighted by Gasteiger charge is -2.14. The minimum atomic E-state index is 0.629. The zero-order valence-corrected chi connectivity index (χ0v) is 8.14. The summed E-state index contributed by atoms with van der Waals surface area (Å²) in [6, 6.07) is 2.14. The van der Waals surface area contributed by atoms with Crippen molar-refractivity contribution in [2.75, 3.05) is 33.2 Å². The first-order chi connectivity index (χ1) is 5.81. The fourth-order valence-corrected chi connectivity index (χ4v) is 0.924. The molecular weight excluding hydrogens is 150 g/mol. The van der Waals surface area contributed by atoms with Crippen LogP contribution in [-0.2, 0) is 0 Å². The van der Waals surface area contributed by atoms with Crippen LogP contribution in [0.4, 0.5) is 0 Å². The minimum Gasteiger partial charge on any atom is -0.315 e. The van der Waals surface area contributed by atoms with E-state index in [0.29, 0.717) is 6.42 Å². The molecule has 70 valence electrons. The molecule has 1 N–H and O–H groups in total. The zero-order valence-electron chi connectivity index (χ0n) is 8.14. The molecule has 3 nitrogen and oxygen atoms in total. The SMILES string of the molecule is CCCNCCN(C)CCC#N. The van der Waals surface area contributed by atoms with Crippen LogP contribution >= 0.6 is 0 Å². The van der Waals surface area contributed by atoms with Crippen LogP contribution in [0.3, 0.4) is 0 Å². The maximum atomic E-state index is 8.33. The molecule has 0 radical (unpaired) electrons. The molecule has 0 aliphatic heterocycles. The second-order valence-corrected chi connectivity index (χ2v) is 2.96. The predicted molar refractivity (Wildman–Crippen MR) is 50.9 cm³/mol.